The molecule has 100 valence electrons. The smallest absolute Gasteiger partial charge is 0.227 e. The fourth-order valence-corrected chi connectivity index (χ4v) is 3.07. The van der Waals surface area contributed by atoms with Gasteiger partial charge in [-0.2, -0.15) is 16.9 Å². The first kappa shape index (κ1) is 13.4. The topological polar surface area (TPSA) is 51.0 Å². The molecule has 1 aromatic rings. The minimum atomic E-state index is -0.0344. The standard InChI is InChI=1S/C12H20N4OS/c1-9(8-16-11(3)13-10(2)14-16)12(17)15-4-6-18-7-5-15/h9H,4-8H2,1-3H3/t9-/m1/s1. The summed E-state index contributed by atoms with van der Waals surface area (Å²) in [6.45, 7) is 8.15. The number of aromatic nitrogens is 3. The van der Waals surface area contributed by atoms with Gasteiger partial charge in [-0.05, 0) is 13.8 Å². The van der Waals surface area contributed by atoms with Crippen molar-refractivity contribution < 1.29 is 4.79 Å². The highest BCUT2D eigenvalue weighted by atomic mass is 32.2. The van der Waals surface area contributed by atoms with E-state index >= 15 is 0 Å². The van der Waals surface area contributed by atoms with Crippen molar-refractivity contribution in [3.05, 3.63) is 11.6 Å². The van der Waals surface area contributed by atoms with Crippen molar-refractivity contribution in [3.8, 4) is 0 Å². The third-order valence-electron chi connectivity index (χ3n) is 3.15. The maximum atomic E-state index is 12.3. The van der Waals surface area contributed by atoms with Crippen LogP contribution >= 0.6 is 11.8 Å². The van der Waals surface area contributed by atoms with Crippen molar-refractivity contribution in [3.63, 3.8) is 0 Å². The molecule has 0 N–H and O–H groups in total. The van der Waals surface area contributed by atoms with Crippen LogP contribution in [-0.4, -0.2) is 50.2 Å². The fourth-order valence-electron chi connectivity index (χ4n) is 2.17. The number of carbonyl (C=O) groups excluding carboxylic acids is 1. The molecule has 1 fully saturated rings. The number of carbonyl (C=O) groups is 1. The molecule has 1 amide bonds. The van der Waals surface area contributed by atoms with Crippen LogP contribution in [0.1, 0.15) is 18.6 Å². The number of hydrogen-bond donors (Lipinski definition) is 0. The maximum absolute atomic E-state index is 12.3. The molecule has 0 radical (unpaired) electrons. The van der Waals surface area contributed by atoms with E-state index in [9.17, 15) is 4.79 Å². The molecule has 2 rings (SSSR count). The minimum Gasteiger partial charge on any atom is -0.341 e. The molecule has 2 heterocycles. The molecule has 1 saturated heterocycles. The second-order valence-corrected chi connectivity index (χ2v) is 5.95. The zero-order valence-corrected chi connectivity index (χ0v) is 12.0. The van der Waals surface area contributed by atoms with Crippen molar-refractivity contribution in [1.82, 2.24) is 19.7 Å². The van der Waals surface area contributed by atoms with E-state index in [1.165, 1.54) is 0 Å². The SMILES string of the molecule is Cc1nc(C)n(C[C@@H](C)C(=O)N2CCSCC2)n1. The Kier molecular flexibility index (Phi) is 4.27. The van der Waals surface area contributed by atoms with Gasteiger partial charge in [0.2, 0.25) is 5.91 Å². The van der Waals surface area contributed by atoms with Crippen molar-refractivity contribution in [2.24, 2.45) is 5.92 Å². The first-order valence-corrected chi connectivity index (χ1v) is 7.48. The molecule has 0 unspecified atom stereocenters. The molecule has 6 heteroatoms. The van der Waals surface area contributed by atoms with Gasteiger partial charge in [0, 0.05) is 24.6 Å². The summed E-state index contributed by atoms with van der Waals surface area (Å²) in [6, 6.07) is 0. The molecule has 0 bridgehead atoms. The van der Waals surface area contributed by atoms with Crippen molar-refractivity contribution >= 4 is 17.7 Å². The molecule has 0 aliphatic carbocycles. The summed E-state index contributed by atoms with van der Waals surface area (Å²) in [5, 5.41) is 4.31. The first-order valence-electron chi connectivity index (χ1n) is 6.32. The monoisotopic (exact) mass is 268 g/mol. The van der Waals surface area contributed by atoms with E-state index in [2.05, 4.69) is 10.1 Å². The molecule has 18 heavy (non-hydrogen) atoms. The van der Waals surface area contributed by atoms with Crippen molar-refractivity contribution in [2.75, 3.05) is 24.6 Å². The van der Waals surface area contributed by atoms with Gasteiger partial charge < -0.3 is 4.90 Å². The van der Waals surface area contributed by atoms with Gasteiger partial charge in [-0.25, -0.2) is 9.67 Å². The van der Waals surface area contributed by atoms with Crippen molar-refractivity contribution in [2.45, 2.75) is 27.3 Å². The lowest BCUT2D eigenvalue weighted by Crippen LogP contribution is -2.42. The van der Waals surface area contributed by atoms with E-state index in [0.717, 1.165) is 36.2 Å². The number of aryl methyl sites for hydroxylation is 2. The highest BCUT2D eigenvalue weighted by molar-refractivity contribution is 7.99. The van der Waals surface area contributed by atoms with Crippen LogP contribution in [0.4, 0.5) is 0 Å². The van der Waals surface area contributed by atoms with E-state index in [0.29, 0.717) is 6.54 Å². The number of nitrogens with zero attached hydrogens (tertiary/aromatic N) is 4. The van der Waals surface area contributed by atoms with E-state index in [1.54, 1.807) is 0 Å². The third kappa shape index (κ3) is 3.04. The van der Waals surface area contributed by atoms with Gasteiger partial charge in [0.15, 0.2) is 0 Å². The molecule has 0 saturated carbocycles. The lowest BCUT2D eigenvalue weighted by molar-refractivity contribution is -0.135. The quantitative estimate of drug-likeness (QED) is 0.824. The summed E-state index contributed by atoms with van der Waals surface area (Å²) >= 11 is 1.92. The van der Waals surface area contributed by atoms with Gasteiger partial charge >= 0.3 is 0 Å². The van der Waals surface area contributed by atoms with E-state index in [4.69, 9.17) is 0 Å². The van der Waals surface area contributed by atoms with E-state index < -0.39 is 0 Å². The number of hydrogen-bond acceptors (Lipinski definition) is 4. The Balaban J connectivity index is 1.96. The van der Waals surface area contributed by atoms with Gasteiger partial charge in [-0.15, -0.1) is 0 Å². The first-order chi connectivity index (χ1) is 8.58. The Hall–Kier alpha value is -1.04. The summed E-state index contributed by atoms with van der Waals surface area (Å²) in [4.78, 5) is 18.5. The van der Waals surface area contributed by atoms with Gasteiger partial charge in [0.1, 0.15) is 11.6 Å². The Morgan fingerprint density at radius 3 is 2.61 bits per heavy atom. The number of rotatable bonds is 3. The normalized spacial score (nSPS) is 17.8. The molecular formula is C12H20N4OS. The van der Waals surface area contributed by atoms with Gasteiger partial charge in [-0.3, -0.25) is 4.79 Å². The summed E-state index contributed by atoms with van der Waals surface area (Å²) in [5.74, 6) is 3.96. The average molecular weight is 268 g/mol. The van der Waals surface area contributed by atoms with Crippen LogP contribution in [0.3, 0.4) is 0 Å². The fraction of sp³-hybridized carbons (Fsp3) is 0.750. The lowest BCUT2D eigenvalue weighted by atomic mass is 10.1. The molecule has 1 atom stereocenters. The highest BCUT2D eigenvalue weighted by Crippen LogP contribution is 2.13. The molecule has 1 aliphatic rings. The van der Waals surface area contributed by atoms with E-state index in [1.807, 2.05) is 42.1 Å². The second-order valence-electron chi connectivity index (χ2n) is 4.73. The molecule has 5 nitrogen and oxygen atoms in total. The summed E-state index contributed by atoms with van der Waals surface area (Å²) in [7, 11) is 0. The summed E-state index contributed by atoms with van der Waals surface area (Å²) in [6.07, 6.45) is 0. The predicted octanol–water partition coefficient (Wildman–Crippen LogP) is 1.11. The Labute approximate surface area is 112 Å². The Bertz CT molecular complexity index is 426. The van der Waals surface area contributed by atoms with Crippen LogP contribution in [0, 0.1) is 19.8 Å². The van der Waals surface area contributed by atoms with Gasteiger partial charge in [-0.1, -0.05) is 6.92 Å². The zero-order chi connectivity index (χ0) is 13.1. The zero-order valence-electron chi connectivity index (χ0n) is 11.2. The Morgan fingerprint density at radius 2 is 2.06 bits per heavy atom. The van der Waals surface area contributed by atoms with Gasteiger partial charge in [0.05, 0.1) is 12.5 Å². The minimum absolute atomic E-state index is 0.0344. The maximum Gasteiger partial charge on any atom is 0.227 e. The molecule has 1 aliphatic heterocycles. The number of thioether (sulfide) groups is 1. The molecule has 0 aromatic carbocycles. The largest absolute Gasteiger partial charge is 0.341 e. The third-order valence-corrected chi connectivity index (χ3v) is 4.10. The average Bonchev–Trinajstić information content (AvgIpc) is 2.68. The van der Waals surface area contributed by atoms with Crippen LogP contribution in [-0.2, 0) is 11.3 Å². The van der Waals surface area contributed by atoms with E-state index in [-0.39, 0.29) is 11.8 Å². The van der Waals surface area contributed by atoms with Gasteiger partial charge in [0.25, 0.3) is 0 Å². The summed E-state index contributed by atoms with van der Waals surface area (Å²) < 4.78 is 1.83. The molecule has 0 spiro atoms. The van der Waals surface area contributed by atoms with Crippen LogP contribution < -0.4 is 0 Å². The van der Waals surface area contributed by atoms with Crippen LogP contribution in [0.2, 0.25) is 0 Å². The summed E-state index contributed by atoms with van der Waals surface area (Å²) in [5.41, 5.74) is 0. The lowest BCUT2D eigenvalue weighted by Gasteiger charge is -2.29. The second kappa shape index (κ2) is 5.73. The molecular weight excluding hydrogens is 248 g/mol. The number of amides is 1. The van der Waals surface area contributed by atoms with Crippen LogP contribution in [0.25, 0.3) is 0 Å². The highest BCUT2D eigenvalue weighted by Gasteiger charge is 2.23. The van der Waals surface area contributed by atoms with Crippen LogP contribution in [0.5, 0.6) is 0 Å². The van der Waals surface area contributed by atoms with Crippen molar-refractivity contribution in [1.29, 1.82) is 0 Å². The predicted molar refractivity (Wildman–Crippen MR) is 72.6 cm³/mol. The Morgan fingerprint density at radius 1 is 1.39 bits per heavy atom. The van der Waals surface area contributed by atoms with Crippen LogP contribution in [0.15, 0.2) is 0 Å². The molecule has 1 aromatic heterocycles.